The van der Waals surface area contributed by atoms with E-state index in [0.29, 0.717) is 0 Å². The maximum atomic E-state index is 2.37. The zero-order valence-electron chi connectivity index (χ0n) is 8.51. The van der Waals surface area contributed by atoms with E-state index in [9.17, 15) is 0 Å². The van der Waals surface area contributed by atoms with Crippen LogP contribution in [0.2, 0.25) is 5.09 Å². The summed E-state index contributed by atoms with van der Waals surface area (Å²) in [5.41, 5.74) is 0. The molecule has 0 heterocycles. The van der Waals surface area contributed by atoms with Crippen molar-refractivity contribution < 1.29 is 0 Å². The van der Waals surface area contributed by atoms with Gasteiger partial charge in [0.05, 0.1) is 0 Å². The van der Waals surface area contributed by atoms with Gasteiger partial charge in [-0.15, -0.1) is 0 Å². The summed E-state index contributed by atoms with van der Waals surface area (Å²) in [6.45, 7) is 2.37. The van der Waals surface area contributed by atoms with E-state index in [4.69, 9.17) is 0 Å². The minimum absolute atomic E-state index is 0.928. The van der Waals surface area contributed by atoms with Crippen LogP contribution in [-0.4, -0.2) is 28.7 Å². The van der Waals surface area contributed by atoms with Gasteiger partial charge >= 0.3 is 90.5 Å². The Bertz CT molecular complexity index is 110. The molecule has 12 heavy (non-hydrogen) atoms. The molecule has 0 bridgehead atoms. The van der Waals surface area contributed by atoms with Crippen molar-refractivity contribution in [2.45, 2.75) is 49.4 Å². The quantitative estimate of drug-likeness (QED) is 0.595. The van der Waals surface area contributed by atoms with E-state index >= 15 is 0 Å². The molecular formula is C10H19LiS. The number of rotatable bonds is 4. The summed E-state index contributed by atoms with van der Waals surface area (Å²) in [6.07, 6.45) is 7.43. The second-order valence-electron chi connectivity index (χ2n) is 4.11. The maximum absolute atomic E-state index is 2.37. The van der Waals surface area contributed by atoms with Gasteiger partial charge < -0.3 is 0 Å². The van der Waals surface area contributed by atoms with Gasteiger partial charge in [0.15, 0.2) is 0 Å². The van der Waals surface area contributed by atoms with Crippen LogP contribution >= 0.6 is 11.8 Å². The molecular weight excluding hydrogens is 159 g/mol. The van der Waals surface area contributed by atoms with E-state index in [2.05, 4.69) is 36.4 Å². The molecule has 0 radical (unpaired) electrons. The zero-order valence-corrected chi connectivity index (χ0v) is 9.33. The van der Waals surface area contributed by atoms with Crippen LogP contribution in [0.15, 0.2) is 0 Å². The molecule has 0 spiro atoms. The molecule has 0 aliphatic heterocycles. The molecule has 1 unspecified atom stereocenters. The summed E-state index contributed by atoms with van der Waals surface area (Å²) >= 11 is 4.53. The van der Waals surface area contributed by atoms with E-state index in [0.717, 1.165) is 11.2 Å². The summed E-state index contributed by atoms with van der Waals surface area (Å²) < 4.78 is 0. The molecule has 1 fully saturated rings. The summed E-state index contributed by atoms with van der Waals surface area (Å²) in [5.74, 6) is 2.32. The standard InChI is InChI=1S/C10H19S.Li/c1-9(2)8-11-10-6-4-3-5-7-10;/h9-10H,1,3-8H2,2H3;. The average Bonchev–Trinajstić information content (AvgIpc) is 2.16. The first-order valence-corrected chi connectivity index (χ1v) is 6.49. The first kappa shape index (κ1) is 11.0. The Kier molecular flexibility index (Phi) is 5.89. The van der Waals surface area contributed by atoms with Crippen LogP contribution in [0.1, 0.15) is 39.0 Å². The van der Waals surface area contributed by atoms with Crippen LogP contribution in [-0.2, 0) is 0 Å². The Morgan fingerprint density at radius 2 is 2.00 bits per heavy atom. The first-order valence-electron chi connectivity index (χ1n) is 5.44. The average molecular weight is 178 g/mol. The monoisotopic (exact) mass is 178 g/mol. The van der Waals surface area contributed by atoms with Gasteiger partial charge in [0.25, 0.3) is 0 Å². The van der Waals surface area contributed by atoms with Crippen LogP contribution < -0.4 is 0 Å². The van der Waals surface area contributed by atoms with Crippen molar-refractivity contribution >= 4 is 29.5 Å². The molecule has 0 saturated heterocycles. The minimum atomic E-state index is 0.928. The van der Waals surface area contributed by atoms with Crippen molar-refractivity contribution in [1.29, 1.82) is 0 Å². The molecule has 1 aliphatic carbocycles. The molecule has 1 saturated carbocycles. The molecule has 0 N–H and O–H groups in total. The van der Waals surface area contributed by atoms with Crippen molar-refractivity contribution in [2.75, 3.05) is 5.75 Å². The topological polar surface area (TPSA) is 0 Å². The van der Waals surface area contributed by atoms with Gasteiger partial charge in [-0.25, -0.2) is 0 Å². The van der Waals surface area contributed by atoms with Gasteiger partial charge in [-0.05, 0) is 0 Å². The zero-order chi connectivity index (χ0) is 8.81. The number of thioether (sulfide) groups is 1. The van der Waals surface area contributed by atoms with Gasteiger partial charge in [0.2, 0.25) is 0 Å². The summed E-state index contributed by atoms with van der Waals surface area (Å²) in [6, 6.07) is 0. The summed E-state index contributed by atoms with van der Waals surface area (Å²) in [5, 5.41) is 2.35. The fourth-order valence-electron chi connectivity index (χ4n) is 1.65. The molecule has 1 rings (SSSR count). The third-order valence-corrected chi connectivity index (χ3v) is 4.57. The Morgan fingerprint density at radius 3 is 2.58 bits per heavy atom. The van der Waals surface area contributed by atoms with Crippen LogP contribution in [0.4, 0.5) is 0 Å². The third-order valence-electron chi connectivity index (χ3n) is 2.87. The fraction of sp³-hybridized carbons (Fsp3) is 1.00. The van der Waals surface area contributed by atoms with E-state index in [1.165, 1.54) is 43.0 Å². The van der Waals surface area contributed by atoms with E-state index < -0.39 is 0 Å². The predicted octanol–water partition coefficient (Wildman–Crippen LogP) is 3.28. The fourth-order valence-corrected chi connectivity index (χ4v) is 3.15. The Balaban J connectivity index is 2.05. The molecule has 0 amide bonds. The summed E-state index contributed by atoms with van der Waals surface area (Å²) in [7, 11) is 0. The third kappa shape index (κ3) is 4.26. The summed E-state index contributed by atoms with van der Waals surface area (Å²) in [4.78, 5) is 0. The van der Waals surface area contributed by atoms with Crippen molar-refractivity contribution in [2.24, 2.45) is 5.92 Å². The Morgan fingerprint density at radius 1 is 1.33 bits per heavy atom. The molecule has 0 aromatic rings. The van der Waals surface area contributed by atoms with Gasteiger partial charge in [0.1, 0.15) is 0 Å². The SMILES string of the molecule is [Li][CH2]C(C)CSC1CCCCC1. The van der Waals surface area contributed by atoms with Crippen molar-refractivity contribution in [3.8, 4) is 0 Å². The van der Waals surface area contributed by atoms with Crippen LogP contribution in [0, 0.1) is 5.92 Å². The molecule has 0 nitrogen and oxygen atoms in total. The second kappa shape index (κ2) is 6.41. The van der Waals surface area contributed by atoms with Crippen LogP contribution in [0.25, 0.3) is 0 Å². The molecule has 66 valence electrons. The molecule has 2 heteroatoms. The number of hydrogen-bond acceptors (Lipinski definition) is 1. The van der Waals surface area contributed by atoms with Crippen LogP contribution in [0.3, 0.4) is 0 Å². The van der Waals surface area contributed by atoms with Crippen molar-refractivity contribution in [1.82, 2.24) is 0 Å². The van der Waals surface area contributed by atoms with Gasteiger partial charge in [-0.1, -0.05) is 0 Å². The predicted molar refractivity (Wildman–Crippen MR) is 59.1 cm³/mol. The first-order chi connectivity index (χ1) is 5.83. The van der Waals surface area contributed by atoms with Crippen molar-refractivity contribution in [3.05, 3.63) is 0 Å². The van der Waals surface area contributed by atoms with Gasteiger partial charge in [0, 0.05) is 0 Å². The van der Waals surface area contributed by atoms with Crippen molar-refractivity contribution in [3.63, 3.8) is 0 Å². The van der Waals surface area contributed by atoms with Gasteiger partial charge in [-0.2, -0.15) is 0 Å². The molecule has 0 aromatic heterocycles. The Hall–Kier alpha value is 0.947. The van der Waals surface area contributed by atoms with E-state index in [1.807, 2.05) is 0 Å². The molecule has 1 atom stereocenters. The molecule has 0 aromatic carbocycles. The van der Waals surface area contributed by atoms with E-state index in [1.54, 1.807) is 0 Å². The van der Waals surface area contributed by atoms with Gasteiger partial charge in [-0.3, -0.25) is 0 Å². The number of hydrogen-bond donors (Lipinski definition) is 0. The van der Waals surface area contributed by atoms with Crippen LogP contribution in [0.5, 0.6) is 0 Å². The normalized spacial score (nSPS) is 22.6. The van der Waals surface area contributed by atoms with E-state index in [-0.39, 0.29) is 0 Å². The Labute approximate surface area is 90.5 Å². The second-order valence-corrected chi connectivity index (χ2v) is 5.44. The molecule has 1 aliphatic rings.